The molecule has 2 heterocycles. The van der Waals surface area contributed by atoms with Crippen LogP contribution in [0.15, 0.2) is 18.2 Å². The van der Waals surface area contributed by atoms with Gasteiger partial charge in [0.25, 0.3) is 0 Å². The van der Waals surface area contributed by atoms with E-state index < -0.39 is 0 Å². The molecule has 92 valence electrons. The van der Waals surface area contributed by atoms with E-state index in [4.69, 9.17) is 4.74 Å². The molecule has 2 aliphatic rings. The molecule has 0 amide bonds. The van der Waals surface area contributed by atoms with Gasteiger partial charge in [-0.1, -0.05) is 13.0 Å². The van der Waals surface area contributed by atoms with Gasteiger partial charge in [0.1, 0.15) is 5.75 Å². The molecule has 0 aliphatic carbocycles. The van der Waals surface area contributed by atoms with Crippen LogP contribution in [0.4, 0.5) is 5.69 Å². The van der Waals surface area contributed by atoms with Crippen LogP contribution in [0.3, 0.4) is 0 Å². The summed E-state index contributed by atoms with van der Waals surface area (Å²) in [6, 6.07) is 6.35. The van der Waals surface area contributed by atoms with Crippen LogP contribution in [-0.4, -0.2) is 24.7 Å². The molecular weight excluding hydrogens is 230 g/mol. The smallest absolute Gasteiger partial charge is 0.124 e. The normalized spacial score (nSPS) is 21.0. The van der Waals surface area contributed by atoms with Crippen molar-refractivity contribution in [3.8, 4) is 5.75 Å². The standard InChI is InChI=1S/C14H19NOS/c1-14(9-17-10-14)8-16-13-6-2-5-12-11(13)4-3-7-15-12/h2,5-6,15H,3-4,7-10H2,1H3. The maximum Gasteiger partial charge on any atom is 0.124 e. The average molecular weight is 249 g/mol. The van der Waals surface area contributed by atoms with Gasteiger partial charge in [0, 0.05) is 34.7 Å². The minimum Gasteiger partial charge on any atom is -0.493 e. The van der Waals surface area contributed by atoms with Crippen LogP contribution in [0.1, 0.15) is 18.9 Å². The number of fused-ring (bicyclic) bond motifs is 1. The summed E-state index contributed by atoms with van der Waals surface area (Å²) in [5.74, 6) is 3.56. The molecule has 1 aromatic carbocycles. The first-order valence-electron chi connectivity index (χ1n) is 6.33. The minimum atomic E-state index is 0.398. The van der Waals surface area contributed by atoms with Gasteiger partial charge in [0.05, 0.1) is 6.61 Å². The van der Waals surface area contributed by atoms with Crippen molar-refractivity contribution in [1.29, 1.82) is 0 Å². The summed E-state index contributed by atoms with van der Waals surface area (Å²) < 4.78 is 6.06. The van der Waals surface area contributed by atoms with E-state index in [2.05, 4.69) is 30.4 Å². The molecule has 0 saturated carbocycles. The van der Waals surface area contributed by atoms with Crippen molar-refractivity contribution in [2.45, 2.75) is 19.8 Å². The fourth-order valence-electron chi connectivity index (χ4n) is 2.40. The highest BCUT2D eigenvalue weighted by Gasteiger charge is 2.33. The third kappa shape index (κ3) is 2.25. The Morgan fingerprint density at radius 3 is 3.06 bits per heavy atom. The fraction of sp³-hybridized carbons (Fsp3) is 0.571. The number of anilines is 1. The molecule has 3 heteroatoms. The van der Waals surface area contributed by atoms with Gasteiger partial charge in [-0.2, -0.15) is 11.8 Å². The Bertz CT molecular complexity index is 415. The van der Waals surface area contributed by atoms with Gasteiger partial charge in [-0.15, -0.1) is 0 Å². The molecule has 0 spiro atoms. The van der Waals surface area contributed by atoms with E-state index in [-0.39, 0.29) is 0 Å². The topological polar surface area (TPSA) is 21.3 Å². The number of ether oxygens (including phenoxy) is 1. The van der Waals surface area contributed by atoms with E-state index in [9.17, 15) is 0 Å². The molecule has 2 aliphatic heterocycles. The lowest BCUT2D eigenvalue weighted by molar-refractivity contribution is 0.194. The highest BCUT2D eigenvalue weighted by atomic mass is 32.2. The van der Waals surface area contributed by atoms with Crippen molar-refractivity contribution in [2.75, 3.05) is 30.0 Å². The number of hydrogen-bond acceptors (Lipinski definition) is 3. The van der Waals surface area contributed by atoms with E-state index >= 15 is 0 Å². The molecule has 1 aromatic rings. The minimum absolute atomic E-state index is 0.398. The molecule has 1 fully saturated rings. The van der Waals surface area contributed by atoms with E-state index in [1.54, 1.807) is 0 Å². The van der Waals surface area contributed by atoms with Crippen molar-refractivity contribution in [2.24, 2.45) is 5.41 Å². The van der Waals surface area contributed by atoms with Crippen LogP contribution in [-0.2, 0) is 6.42 Å². The second-order valence-electron chi connectivity index (χ2n) is 5.40. The predicted octanol–water partition coefficient (Wildman–Crippen LogP) is 3.18. The zero-order valence-corrected chi connectivity index (χ0v) is 11.1. The Labute approximate surface area is 107 Å². The highest BCUT2D eigenvalue weighted by molar-refractivity contribution is 8.00. The molecule has 2 nitrogen and oxygen atoms in total. The Balaban J connectivity index is 1.74. The maximum absolute atomic E-state index is 6.06. The predicted molar refractivity (Wildman–Crippen MR) is 74.2 cm³/mol. The maximum atomic E-state index is 6.06. The second-order valence-corrected chi connectivity index (χ2v) is 6.39. The molecule has 0 atom stereocenters. The first-order chi connectivity index (χ1) is 8.27. The summed E-state index contributed by atoms with van der Waals surface area (Å²) in [6.45, 7) is 4.26. The van der Waals surface area contributed by atoms with E-state index in [0.717, 1.165) is 25.3 Å². The first kappa shape index (κ1) is 11.3. The van der Waals surface area contributed by atoms with Gasteiger partial charge >= 0.3 is 0 Å². The van der Waals surface area contributed by atoms with Gasteiger partial charge in [-0.3, -0.25) is 0 Å². The summed E-state index contributed by atoms with van der Waals surface area (Å²) in [5.41, 5.74) is 3.03. The average Bonchev–Trinajstić information content (AvgIpc) is 2.34. The van der Waals surface area contributed by atoms with Crippen LogP contribution in [0.5, 0.6) is 5.75 Å². The fourth-order valence-corrected chi connectivity index (χ4v) is 3.47. The molecule has 3 rings (SSSR count). The van der Waals surface area contributed by atoms with Crippen LogP contribution in [0.25, 0.3) is 0 Å². The number of benzene rings is 1. The van der Waals surface area contributed by atoms with Gasteiger partial charge in [-0.05, 0) is 25.0 Å². The van der Waals surface area contributed by atoms with Crippen molar-refractivity contribution >= 4 is 17.4 Å². The van der Waals surface area contributed by atoms with Gasteiger partial charge in [0.15, 0.2) is 0 Å². The van der Waals surface area contributed by atoms with Gasteiger partial charge in [-0.25, -0.2) is 0 Å². The zero-order valence-electron chi connectivity index (χ0n) is 10.3. The van der Waals surface area contributed by atoms with Crippen LogP contribution in [0.2, 0.25) is 0 Å². The number of nitrogens with one attached hydrogen (secondary N) is 1. The molecule has 0 radical (unpaired) electrons. The Morgan fingerprint density at radius 2 is 2.29 bits per heavy atom. The van der Waals surface area contributed by atoms with Crippen molar-refractivity contribution in [1.82, 2.24) is 0 Å². The molecule has 1 saturated heterocycles. The number of rotatable bonds is 3. The second kappa shape index (κ2) is 4.45. The molecule has 0 aromatic heterocycles. The molecule has 0 unspecified atom stereocenters. The lowest BCUT2D eigenvalue weighted by Crippen LogP contribution is -2.38. The Hall–Kier alpha value is -0.830. The summed E-state index contributed by atoms with van der Waals surface area (Å²) >= 11 is 2.02. The lowest BCUT2D eigenvalue weighted by Gasteiger charge is -2.37. The third-order valence-corrected chi connectivity index (χ3v) is 5.33. The van der Waals surface area contributed by atoms with Crippen molar-refractivity contribution < 1.29 is 4.74 Å². The number of thioether (sulfide) groups is 1. The quantitative estimate of drug-likeness (QED) is 0.889. The van der Waals surface area contributed by atoms with Gasteiger partial charge in [0.2, 0.25) is 0 Å². The SMILES string of the molecule is CC1(COc2cccc3c2CCCN3)CSC1. The van der Waals surface area contributed by atoms with Crippen LogP contribution in [0, 0.1) is 5.41 Å². The molecular formula is C14H19NOS. The first-order valence-corrected chi connectivity index (χ1v) is 7.49. The molecule has 0 bridgehead atoms. The Kier molecular flexibility index (Phi) is 2.95. The summed E-state index contributed by atoms with van der Waals surface area (Å²) in [5, 5.41) is 3.44. The molecule has 17 heavy (non-hydrogen) atoms. The van der Waals surface area contributed by atoms with E-state index in [1.807, 2.05) is 11.8 Å². The van der Waals surface area contributed by atoms with E-state index in [0.29, 0.717) is 5.41 Å². The van der Waals surface area contributed by atoms with E-state index in [1.165, 1.54) is 29.2 Å². The number of hydrogen-bond donors (Lipinski definition) is 1. The molecule has 1 N–H and O–H groups in total. The van der Waals surface area contributed by atoms with Crippen LogP contribution < -0.4 is 10.1 Å². The summed E-state index contributed by atoms with van der Waals surface area (Å²) in [4.78, 5) is 0. The summed E-state index contributed by atoms with van der Waals surface area (Å²) in [7, 11) is 0. The lowest BCUT2D eigenvalue weighted by atomic mass is 9.96. The third-order valence-electron chi connectivity index (χ3n) is 3.53. The largest absolute Gasteiger partial charge is 0.493 e. The Morgan fingerprint density at radius 1 is 1.41 bits per heavy atom. The highest BCUT2D eigenvalue weighted by Crippen LogP contribution is 2.39. The van der Waals surface area contributed by atoms with Crippen LogP contribution >= 0.6 is 11.8 Å². The zero-order chi connectivity index (χ0) is 11.7. The van der Waals surface area contributed by atoms with Gasteiger partial charge < -0.3 is 10.1 Å². The summed E-state index contributed by atoms with van der Waals surface area (Å²) in [6.07, 6.45) is 2.35. The van der Waals surface area contributed by atoms with Crippen molar-refractivity contribution in [3.05, 3.63) is 23.8 Å². The van der Waals surface area contributed by atoms with Crippen molar-refractivity contribution in [3.63, 3.8) is 0 Å². The monoisotopic (exact) mass is 249 g/mol.